The molecule has 1 atom stereocenters. The van der Waals surface area contributed by atoms with Gasteiger partial charge >= 0.3 is 6.18 Å². The molecule has 0 fully saturated rings. The van der Waals surface area contributed by atoms with Crippen LogP contribution in [0.1, 0.15) is 36.8 Å². The number of rotatable bonds is 4. The second-order valence-electron chi connectivity index (χ2n) is 7.25. The predicted octanol–water partition coefficient (Wildman–Crippen LogP) is 5.36. The number of amides is 1. The van der Waals surface area contributed by atoms with Crippen molar-refractivity contribution in [1.82, 2.24) is 4.90 Å². The Labute approximate surface area is 161 Å². The highest BCUT2D eigenvalue weighted by Gasteiger charge is 2.40. The molecule has 0 saturated carbocycles. The zero-order chi connectivity index (χ0) is 19.7. The van der Waals surface area contributed by atoms with Gasteiger partial charge in [0.15, 0.2) is 0 Å². The average molecular weight is 386 g/mol. The molecule has 0 bridgehead atoms. The number of halogens is 3. The van der Waals surface area contributed by atoms with Gasteiger partial charge in [-0.1, -0.05) is 36.4 Å². The third kappa shape index (κ3) is 3.63. The van der Waals surface area contributed by atoms with Gasteiger partial charge in [0.05, 0.1) is 5.56 Å². The highest BCUT2D eigenvalue weighted by molar-refractivity contribution is 5.98. The van der Waals surface area contributed by atoms with E-state index in [0.29, 0.717) is 12.2 Å². The second kappa shape index (κ2) is 7.34. The van der Waals surface area contributed by atoms with Crippen LogP contribution in [-0.4, -0.2) is 17.0 Å². The van der Waals surface area contributed by atoms with Crippen molar-refractivity contribution in [3.05, 3.63) is 76.9 Å². The molecule has 0 unspecified atom stereocenters. The van der Waals surface area contributed by atoms with E-state index in [1.54, 1.807) is 11.0 Å². The van der Waals surface area contributed by atoms with Crippen LogP contribution in [0.5, 0.6) is 0 Å². The summed E-state index contributed by atoms with van der Waals surface area (Å²) in [7, 11) is 0. The standard InChI is InChI=1S/C22H21F3N2O/c23-22(24,25)16-9-6-10-17(13-16)26-20-18-11-4-5-12-19(18)21(28)27(20)14-15-7-2-1-3-8-15/h1-3,6-10,13,20,26H,4-5,11-12,14H2/t20-/m1/s1. The van der Waals surface area contributed by atoms with Gasteiger partial charge < -0.3 is 10.2 Å². The van der Waals surface area contributed by atoms with Crippen LogP contribution in [-0.2, 0) is 17.5 Å². The monoisotopic (exact) mass is 386 g/mol. The quantitative estimate of drug-likeness (QED) is 0.768. The van der Waals surface area contributed by atoms with Gasteiger partial charge in [0.2, 0.25) is 0 Å². The Hall–Kier alpha value is -2.76. The van der Waals surface area contributed by atoms with E-state index in [4.69, 9.17) is 0 Å². The topological polar surface area (TPSA) is 32.3 Å². The van der Waals surface area contributed by atoms with Gasteiger partial charge in [0, 0.05) is 17.8 Å². The molecule has 2 aromatic rings. The van der Waals surface area contributed by atoms with Crippen LogP contribution in [0.3, 0.4) is 0 Å². The first-order chi connectivity index (χ1) is 13.4. The molecule has 3 nitrogen and oxygen atoms in total. The number of hydrogen-bond donors (Lipinski definition) is 1. The summed E-state index contributed by atoms with van der Waals surface area (Å²) in [6.07, 6.45) is -1.32. The van der Waals surface area contributed by atoms with E-state index < -0.39 is 17.9 Å². The minimum atomic E-state index is -4.40. The van der Waals surface area contributed by atoms with Crippen LogP contribution >= 0.6 is 0 Å². The van der Waals surface area contributed by atoms with E-state index in [9.17, 15) is 18.0 Å². The van der Waals surface area contributed by atoms with Crippen molar-refractivity contribution in [3.8, 4) is 0 Å². The number of anilines is 1. The molecule has 0 spiro atoms. The van der Waals surface area contributed by atoms with E-state index in [-0.39, 0.29) is 5.91 Å². The zero-order valence-electron chi connectivity index (χ0n) is 15.3. The Morgan fingerprint density at radius 1 is 1.00 bits per heavy atom. The van der Waals surface area contributed by atoms with Crippen LogP contribution in [0.4, 0.5) is 18.9 Å². The van der Waals surface area contributed by atoms with Crippen molar-refractivity contribution in [3.63, 3.8) is 0 Å². The summed E-state index contributed by atoms with van der Waals surface area (Å²) in [5.74, 6) is -0.0111. The maximum Gasteiger partial charge on any atom is 0.416 e. The molecule has 2 aliphatic rings. The Balaban J connectivity index is 1.65. The molecule has 1 amide bonds. The summed E-state index contributed by atoms with van der Waals surface area (Å²) in [6.45, 7) is 0.420. The number of nitrogens with one attached hydrogen (secondary N) is 1. The molecule has 146 valence electrons. The first-order valence-electron chi connectivity index (χ1n) is 9.44. The number of alkyl halides is 3. The molecule has 0 radical (unpaired) electrons. The Morgan fingerprint density at radius 2 is 1.75 bits per heavy atom. The predicted molar refractivity (Wildman–Crippen MR) is 101 cm³/mol. The van der Waals surface area contributed by atoms with Gasteiger partial charge in [-0.05, 0) is 55.0 Å². The van der Waals surface area contributed by atoms with E-state index in [1.165, 1.54) is 6.07 Å². The van der Waals surface area contributed by atoms with Gasteiger partial charge in [-0.2, -0.15) is 13.2 Å². The van der Waals surface area contributed by atoms with Crippen LogP contribution in [0.2, 0.25) is 0 Å². The summed E-state index contributed by atoms with van der Waals surface area (Å²) in [4.78, 5) is 14.8. The normalized spacial score (nSPS) is 19.8. The second-order valence-corrected chi connectivity index (χ2v) is 7.25. The molecule has 6 heteroatoms. The zero-order valence-corrected chi connectivity index (χ0v) is 15.3. The third-order valence-electron chi connectivity index (χ3n) is 5.36. The molecular formula is C22H21F3N2O. The van der Waals surface area contributed by atoms with E-state index in [0.717, 1.165) is 54.5 Å². The van der Waals surface area contributed by atoms with Crippen molar-refractivity contribution >= 4 is 11.6 Å². The molecule has 28 heavy (non-hydrogen) atoms. The average Bonchev–Trinajstić information content (AvgIpc) is 2.95. The number of carbonyl (C=O) groups excluding carboxylic acids is 1. The largest absolute Gasteiger partial charge is 0.416 e. The lowest BCUT2D eigenvalue weighted by molar-refractivity contribution is -0.137. The molecule has 1 N–H and O–H groups in total. The van der Waals surface area contributed by atoms with Gasteiger partial charge in [0.25, 0.3) is 5.91 Å². The Morgan fingerprint density at radius 3 is 2.50 bits per heavy atom. The molecule has 0 aromatic heterocycles. The van der Waals surface area contributed by atoms with Gasteiger partial charge in [-0.25, -0.2) is 0 Å². The number of benzene rings is 2. The number of nitrogens with zero attached hydrogens (tertiary/aromatic N) is 1. The van der Waals surface area contributed by atoms with E-state index in [1.807, 2.05) is 30.3 Å². The molecule has 4 rings (SSSR count). The Bertz CT molecular complexity index is 905. The highest BCUT2D eigenvalue weighted by atomic mass is 19.4. The fraction of sp³-hybridized carbons (Fsp3) is 0.318. The maximum atomic E-state index is 13.1. The minimum absolute atomic E-state index is 0.0111. The first kappa shape index (κ1) is 18.6. The third-order valence-corrected chi connectivity index (χ3v) is 5.36. The number of carbonyl (C=O) groups is 1. The van der Waals surface area contributed by atoms with Crippen molar-refractivity contribution in [2.45, 2.75) is 44.6 Å². The lowest BCUT2D eigenvalue weighted by Gasteiger charge is -2.29. The van der Waals surface area contributed by atoms with Gasteiger partial charge in [-0.3, -0.25) is 4.79 Å². The Kier molecular flexibility index (Phi) is 4.87. The number of hydrogen-bond acceptors (Lipinski definition) is 2. The van der Waals surface area contributed by atoms with Crippen LogP contribution < -0.4 is 5.32 Å². The van der Waals surface area contributed by atoms with Crippen LogP contribution in [0, 0.1) is 0 Å². The first-order valence-corrected chi connectivity index (χ1v) is 9.44. The molecular weight excluding hydrogens is 365 g/mol. The summed E-state index contributed by atoms with van der Waals surface area (Å²) in [5.41, 5.74) is 2.50. The highest BCUT2D eigenvalue weighted by Crippen LogP contribution is 2.38. The van der Waals surface area contributed by atoms with Crippen molar-refractivity contribution in [2.75, 3.05) is 5.32 Å². The molecule has 2 aromatic carbocycles. The summed E-state index contributed by atoms with van der Waals surface area (Å²) in [5, 5.41) is 3.20. The van der Waals surface area contributed by atoms with Gasteiger partial charge in [0.1, 0.15) is 6.17 Å². The van der Waals surface area contributed by atoms with Crippen LogP contribution in [0.15, 0.2) is 65.7 Å². The molecule has 0 saturated heterocycles. The molecule has 1 aliphatic heterocycles. The summed E-state index contributed by atoms with van der Waals surface area (Å²) in [6, 6.07) is 14.8. The fourth-order valence-electron chi connectivity index (χ4n) is 4.00. The SMILES string of the molecule is O=C1C2=C(CCCC2)[C@H](Nc2cccc(C(F)(F)F)c2)N1Cc1ccccc1. The van der Waals surface area contributed by atoms with Crippen LogP contribution in [0.25, 0.3) is 0 Å². The smallest absolute Gasteiger partial charge is 0.362 e. The van der Waals surface area contributed by atoms with Crippen molar-refractivity contribution in [1.29, 1.82) is 0 Å². The summed E-state index contributed by atoms with van der Waals surface area (Å²) >= 11 is 0. The minimum Gasteiger partial charge on any atom is -0.362 e. The fourth-order valence-corrected chi connectivity index (χ4v) is 4.00. The maximum absolute atomic E-state index is 13.1. The summed E-state index contributed by atoms with van der Waals surface area (Å²) < 4.78 is 39.2. The lowest BCUT2D eigenvalue weighted by Crippen LogP contribution is -2.40. The molecule has 1 aliphatic carbocycles. The van der Waals surface area contributed by atoms with Crippen molar-refractivity contribution < 1.29 is 18.0 Å². The molecule has 1 heterocycles. The van der Waals surface area contributed by atoms with Gasteiger partial charge in [-0.15, -0.1) is 0 Å². The lowest BCUT2D eigenvalue weighted by atomic mass is 9.92. The van der Waals surface area contributed by atoms with E-state index >= 15 is 0 Å². The van der Waals surface area contributed by atoms with E-state index in [2.05, 4.69) is 5.32 Å². The van der Waals surface area contributed by atoms with Crippen molar-refractivity contribution in [2.24, 2.45) is 0 Å².